The second-order valence-electron chi connectivity index (χ2n) is 6.57. The zero-order valence-electron chi connectivity index (χ0n) is 15.3. The molecular formula is C21H27N3O2. The first-order valence-electron chi connectivity index (χ1n) is 9.28. The van der Waals surface area contributed by atoms with Gasteiger partial charge in [0.15, 0.2) is 0 Å². The summed E-state index contributed by atoms with van der Waals surface area (Å²) in [6.45, 7) is 2.57. The number of nitrogens with zero attached hydrogens (tertiary/aromatic N) is 1. The topological polar surface area (TPSA) is 53.6 Å². The molecule has 0 saturated carbocycles. The second kappa shape index (κ2) is 9.13. The molecule has 5 nitrogen and oxygen atoms in total. The largest absolute Gasteiger partial charge is 0.497 e. The number of urea groups is 1. The number of ether oxygens (including phenoxy) is 1. The van der Waals surface area contributed by atoms with Gasteiger partial charge in [0.2, 0.25) is 0 Å². The van der Waals surface area contributed by atoms with Crippen LogP contribution in [0.5, 0.6) is 5.75 Å². The number of hydrogen-bond acceptors (Lipinski definition) is 3. The zero-order chi connectivity index (χ0) is 18.2. The molecule has 0 atom stereocenters. The fraction of sp³-hybridized carbons (Fsp3) is 0.381. The lowest BCUT2D eigenvalue weighted by molar-refractivity contribution is 0.251. The van der Waals surface area contributed by atoms with Crippen LogP contribution in [0, 0.1) is 0 Å². The molecule has 2 aromatic carbocycles. The SMILES string of the molecule is COc1ccc(CNC(=O)Nc2ccccc2N2CCCCCC2)cc1. The molecule has 0 aromatic heterocycles. The van der Waals surface area contributed by atoms with E-state index in [4.69, 9.17) is 4.74 Å². The van der Waals surface area contributed by atoms with Gasteiger partial charge in [0.1, 0.15) is 5.75 Å². The fourth-order valence-electron chi connectivity index (χ4n) is 3.26. The van der Waals surface area contributed by atoms with Crippen molar-refractivity contribution in [3.63, 3.8) is 0 Å². The van der Waals surface area contributed by atoms with Crippen molar-refractivity contribution >= 4 is 17.4 Å². The molecule has 0 radical (unpaired) electrons. The minimum absolute atomic E-state index is 0.192. The minimum Gasteiger partial charge on any atom is -0.497 e. The van der Waals surface area contributed by atoms with Crippen molar-refractivity contribution in [3.8, 4) is 5.75 Å². The van der Waals surface area contributed by atoms with Crippen LogP contribution in [0.25, 0.3) is 0 Å². The highest BCUT2D eigenvalue weighted by atomic mass is 16.5. The average molecular weight is 353 g/mol. The average Bonchev–Trinajstić information content (AvgIpc) is 2.96. The highest BCUT2D eigenvalue weighted by Gasteiger charge is 2.14. The van der Waals surface area contributed by atoms with Crippen LogP contribution in [0.4, 0.5) is 16.2 Å². The summed E-state index contributed by atoms with van der Waals surface area (Å²) in [5.74, 6) is 0.810. The van der Waals surface area contributed by atoms with Crippen LogP contribution in [0.3, 0.4) is 0 Å². The van der Waals surface area contributed by atoms with Gasteiger partial charge >= 0.3 is 6.03 Å². The van der Waals surface area contributed by atoms with E-state index in [-0.39, 0.29) is 6.03 Å². The van der Waals surface area contributed by atoms with Crippen LogP contribution in [-0.4, -0.2) is 26.2 Å². The number of benzene rings is 2. The van der Waals surface area contributed by atoms with Crippen LogP contribution in [0.15, 0.2) is 48.5 Å². The molecule has 3 rings (SSSR count). The lowest BCUT2D eigenvalue weighted by Gasteiger charge is -2.25. The Morgan fingerprint density at radius 2 is 1.69 bits per heavy atom. The first-order valence-corrected chi connectivity index (χ1v) is 9.28. The van der Waals surface area contributed by atoms with Crippen LogP contribution in [0.1, 0.15) is 31.2 Å². The molecule has 26 heavy (non-hydrogen) atoms. The quantitative estimate of drug-likeness (QED) is 0.838. The summed E-state index contributed by atoms with van der Waals surface area (Å²) in [4.78, 5) is 14.7. The van der Waals surface area contributed by atoms with Crippen LogP contribution >= 0.6 is 0 Å². The number of nitrogens with one attached hydrogen (secondary N) is 2. The number of anilines is 2. The van der Waals surface area contributed by atoms with E-state index >= 15 is 0 Å². The van der Waals surface area contributed by atoms with Crippen molar-refractivity contribution in [1.29, 1.82) is 0 Å². The van der Waals surface area contributed by atoms with E-state index in [2.05, 4.69) is 21.6 Å². The van der Waals surface area contributed by atoms with Gasteiger partial charge < -0.3 is 20.3 Å². The van der Waals surface area contributed by atoms with Gasteiger partial charge in [0, 0.05) is 19.6 Å². The Morgan fingerprint density at radius 1 is 1.00 bits per heavy atom. The smallest absolute Gasteiger partial charge is 0.319 e. The zero-order valence-corrected chi connectivity index (χ0v) is 15.3. The summed E-state index contributed by atoms with van der Waals surface area (Å²) < 4.78 is 5.15. The molecule has 1 aliphatic heterocycles. The summed E-state index contributed by atoms with van der Waals surface area (Å²) in [6, 6.07) is 15.5. The third-order valence-electron chi connectivity index (χ3n) is 4.71. The predicted octanol–water partition coefficient (Wildman–Crippen LogP) is 4.40. The number of para-hydroxylation sites is 2. The van der Waals surface area contributed by atoms with Crippen molar-refractivity contribution in [1.82, 2.24) is 5.32 Å². The Bertz CT molecular complexity index is 707. The van der Waals surface area contributed by atoms with E-state index in [1.54, 1.807) is 7.11 Å². The summed E-state index contributed by atoms with van der Waals surface area (Å²) >= 11 is 0. The molecule has 1 saturated heterocycles. The third-order valence-corrected chi connectivity index (χ3v) is 4.71. The summed E-state index contributed by atoms with van der Waals surface area (Å²) in [7, 11) is 1.64. The third kappa shape index (κ3) is 4.91. The van der Waals surface area contributed by atoms with Gasteiger partial charge in [0.05, 0.1) is 18.5 Å². The molecule has 0 aliphatic carbocycles. The molecule has 0 bridgehead atoms. The van der Waals surface area contributed by atoms with Crippen LogP contribution in [0.2, 0.25) is 0 Å². The predicted molar refractivity (Wildman–Crippen MR) is 106 cm³/mol. The number of carbonyl (C=O) groups excluding carboxylic acids is 1. The van der Waals surface area contributed by atoms with Crippen LogP contribution < -0.4 is 20.3 Å². The highest BCUT2D eigenvalue weighted by molar-refractivity contribution is 5.93. The number of hydrogen-bond donors (Lipinski definition) is 2. The van der Waals surface area contributed by atoms with Crippen molar-refractivity contribution in [3.05, 3.63) is 54.1 Å². The molecule has 1 fully saturated rings. The standard InChI is InChI=1S/C21H27N3O2/c1-26-18-12-10-17(11-13-18)16-22-21(25)23-19-8-4-5-9-20(19)24-14-6-2-3-7-15-24/h4-5,8-13H,2-3,6-7,14-16H2,1H3,(H2,22,23,25). The summed E-state index contributed by atoms with van der Waals surface area (Å²) in [6.07, 6.45) is 4.99. The van der Waals surface area contributed by atoms with E-state index in [0.29, 0.717) is 6.54 Å². The normalized spacial score (nSPS) is 14.4. The molecule has 0 unspecified atom stereocenters. The molecule has 1 aliphatic rings. The van der Waals surface area contributed by atoms with Crippen molar-refractivity contribution < 1.29 is 9.53 Å². The molecule has 138 valence electrons. The molecule has 0 spiro atoms. The number of rotatable bonds is 5. The maximum atomic E-state index is 12.3. The van der Waals surface area contributed by atoms with E-state index in [1.165, 1.54) is 25.7 Å². The first kappa shape index (κ1) is 18.1. The lowest BCUT2D eigenvalue weighted by atomic mass is 10.2. The Morgan fingerprint density at radius 3 is 2.38 bits per heavy atom. The summed E-state index contributed by atoms with van der Waals surface area (Å²) in [5.41, 5.74) is 3.00. The molecule has 2 N–H and O–H groups in total. The van der Waals surface area contributed by atoms with Gasteiger partial charge in [-0.25, -0.2) is 4.79 Å². The number of methoxy groups -OCH3 is 1. The maximum Gasteiger partial charge on any atom is 0.319 e. The van der Waals surface area contributed by atoms with Crippen LogP contribution in [-0.2, 0) is 6.54 Å². The molecular weight excluding hydrogens is 326 g/mol. The monoisotopic (exact) mass is 353 g/mol. The summed E-state index contributed by atoms with van der Waals surface area (Å²) in [5, 5.41) is 5.92. The number of amides is 2. The van der Waals surface area contributed by atoms with Crippen molar-refractivity contribution in [2.24, 2.45) is 0 Å². The van der Waals surface area contributed by atoms with Gasteiger partial charge in [-0.3, -0.25) is 0 Å². The Kier molecular flexibility index (Phi) is 6.36. The highest BCUT2D eigenvalue weighted by Crippen LogP contribution is 2.27. The molecule has 2 amide bonds. The number of carbonyl (C=O) groups is 1. The Balaban J connectivity index is 1.59. The second-order valence-corrected chi connectivity index (χ2v) is 6.57. The molecule has 2 aromatic rings. The van der Waals surface area contributed by atoms with Crippen molar-refractivity contribution in [2.75, 3.05) is 30.4 Å². The molecule has 5 heteroatoms. The lowest BCUT2D eigenvalue weighted by Crippen LogP contribution is -2.30. The Labute approximate surface area is 155 Å². The van der Waals surface area contributed by atoms with E-state index in [0.717, 1.165) is 35.8 Å². The van der Waals surface area contributed by atoms with E-state index in [9.17, 15) is 4.79 Å². The van der Waals surface area contributed by atoms with Gasteiger partial charge in [-0.15, -0.1) is 0 Å². The minimum atomic E-state index is -0.192. The van der Waals surface area contributed by atoms with E-state index < -0.39 is 0 Å². The fourth-order valence-corrected chi connectivity index (χ4v) is 3.26. The molecule has 1 heterocycles. The van der Waals surface area contributed by atoms with Crippen molar-refractivity contribution in [2.45, 2.75) is 32.2 Å². The van der Waals surface area contributed by atoms with Gasteiger partial charge in [0.25, 0.3) is 0 Å². The first-order chi connectivity index (χ1) is 12.8. The van der Waals surface area contributed by atoms with Gasteiger partial charge in [-0.05, 0) is 42.7 Å². The van der Waals surface area contributed by atoms with E-state index in [1.807, 2.05) is 42.5 Å². The Hall–Kier alpha value is -2.69. The van der Waals surface area contributed by atoms with Gasteiger partial charge in [-0.1, -0.05) is 37.1 Å². The van der Waals surface area contributed by atoms with Gasteiger partial charge in [-0.2, -0.15) is 0 Å². The maximum absolute atomic E-state index is 12.3.